The van der Waals surface area contributed by atoms with Crippen LogP contribution in [-0.2, 0) is 0 Å². The van der Waals surface area contributed by atoms with Crippen LogP contribution < -0.4 is 0 Å². The second-order valence-corrected chi connectivity index (χ2v) is 4.33. The number of aromatic nitrogens is 1. The van der Waals surface area contributed by atoms with Crippen molar-refractivity contribution in [3.05, 3.63) is 53.6 Å². The molecule has 0 aliphatic carbocycles. The molecule has 2 aromatic carbocycles. The first-order valence-electron chi connectivity index (χ1n) is 5.69. The Balaban J connectivity index is 2.59. The number of aromatic carboxylic acids is 1. The van der Waals surface area contributed by atoms with Crippen LogP contribution in [0.15, 0.2) is 42.5 Å². The molecule has 1 aromatic heterocycles. The quantitative estimate of drug-likeness (QED) is 0.660. The van der Waals surface area contributed by atoms with Gasteiger partial charge in [0, 0.05) is 10.8 Å². The molecule has 0 amide bonds. The number of hydrogen-bond acceptors (Lipinski definition) is 2. The first-order chi connectivity index (χ1) is 8.66. The van der Waals surface area contributed by atoms with Gasteiger partial charge in [-0.25, -0.2) is 9.78 Å². The Morgan fingerprint density at radius 1 is 1.06 bits per heavy atom. The molecule has 0 atom stereocenters. The summed E-state index contributed by atoms with van der Waals surface area (Å²) in [6, 6.07) is 13.0. The fourth-order valence-electron chi connectivity index (χ4n) is 2.24. The van der Waals surface area contributed by atoms with Crippen molar-refractivity contribution in [1.29, 1.82) is 0 Å². The SMILES string of the molecule is Cc1ccc2nc3ccccc3c(C(=O)O)c2c1. The molecule has 3 heteroatoms. The summed E-state index contributed by atoms with van der Waals surface area (Å²) in [5.41, 5.74) is 2.80. The number of nitrogens with zero attached hydrogens (tertiary/aromatic N) is 1. The van der Waals surface area contributed by atoms with Crippen molar-refractivity contribution in [2.24, 2.45) is 0 Å². The van der Waals surface area contributed by atoms with E-state index in [1.165, 1.54) is 0 Å². The highest BCUT2D eigenvalue weighted by atomic mass is 16.4. The first-order valence-corrected chi connectivity index (χ1v) is 5.69. The van der Waals surface area contributed by atoms with Crippen LogP contribution in [0.5, 0.6) is 0 Å². The van der Waals surface area contributed by atoms with Crippen LogP contribution in [0.2, 0.25) is 0 Å². The van der Waals surface area contributed by atoms with Gasteiger partial charge < -0.3 is 5.11 Å². The lowest BCUT2D eigenvalue weighted by Gasteiger charge is -2.07. The molecule has 1 N–H and O–H groups in total. The van der Waals surface area contributed by atoms with E-state index < -0.39 is 5.97 Å². The first kappa shape index (κ1) is 10.7. The van der Waals surface area contributed by atoms with E-state index in [1.54, 1.807) is 6.07 Å². The van der Waals surface area contributed by atoms with Crippen molar-refractivity contribution in [3.8, 4) is 0 Å². The standard InChI is InChI=1S/C15H11NO2/c1-9-6-7-13-11(8-9)14(15(17)18)10-4-2-3-5-12(10)16-13/h2-8H,1H3,(H,17,18). The second kappa shape index (κ2) is 3.81. The van der Waals surface area contributed by atoms with Crippen molar-refractivity contribution in [1.82, 2.24) is 4.98 Å². The number of aryl methyl sites for hydroxylation is 1. The number of carboxylic acid groups (broad SMARTS) is 1. The molecule has 0 fully saturated rings. The summed E-state index contributed by atoms with van der Waals surface area (Å²) in [7, 11) is 0. The number of fused-ring (bicyclic) bond motifs is 2. The van der Waals surface area contributed by atoms with Crippen molar-refractivity contribution in [2.45, 2.75) is 6.92 Å². The number of pyridine rings is 1. The van der Waals surface area contributed by atoms with Crippen molar-refractivity contribution in [3.63, 3.8) is 0 Å². The highest BCUT2D eigenvalue weighted by Crippen LogP contribution is 2.26. The van der Waals surface area contributed by atoms with Gasteiger partial charge in [0.2, 0.25) is 0 Å². The van der Waals surface area contributed by atoms with E-state index in [9.17, 15) is 9.90 Å². The lowest BCUT2D eigenvalue weighted by atomic mass is 10.0. The molecule has 0 aliphatic rings. The average Bonchev–Trinajstić information content (AvgIpc) is 2.35. The highest BCUT2D eigenvalue weighted by molar-refractivity contribution is 6.13. The number of carbonyl (C=O) groups is 1. The molecule has 3 rings (SSSR count). The van der Waals surface area contributed by atoms with E-state index in [-0.39, 0.29) is 0 Å². The maximum absolute atomic E-state index is 11.5. The Morgan fingerprint density at radius 3 is 2.56 bits per heavy atom. The van der Waals surface area contributed by atoms with E-state index in [0.717, 1.165) is 11.1 Å². The summed E-state index contributed by atoms with van der Waals surface area (Å²) < 4.78 is 0. The van der Waals surface area contributed by atoms with E-state index in [2.05, 4.69) is 4.98 Å². The second-order valence-electron chi connectivity index (χ2n) is 4.33. The van der Waals surface area contributed by atoms with Gasteiger partial charge in [-0.3, -0.25) is 0 Å². The molecule has 0 bridgehead atoms. The molecule has 1 heterocycles. The van der Waals surface area contributed by atoms with Gasteiger partial charge in [-0.2, -0.15) is 0 Å². The lowest BCUT2D eigenvalue weighted by molar-refractivity contribution is 0.0701. The molecule has 0 saturated carbocycles. The topological polar surface area (TPSA) is 50.2 Å². The van der Waals surface area contributed by atoms with Gasteiger partial charge in [0.1, 0.15) is 0 Å². The zero-order valence-electron chi connectivity index (χ0n) is 9.84. The Hall–Kier alpha value is -2.42. The van der Waals surface area contributed by atoms with Crippen LogP contribution in [0.1, 0.15) is 15.9 Å². The average molecular weight is 237 g/mol. The Labute approximate surface area is 104 Å². The fraction of sp³-hybridized carbons (Fsp3) is 0.0667. The van der Waals surface area contributed by atoms with Gasteiger partial charge in [0.05, 0.1) is 16.6 Å². The Morgan fingerprint density at radius 2 is 1.78 bits per heavy atom. The van der Waals surface area contributed by atoms with Crippen LogP contribution in [-0.4, -0.2) is 16.1 Å². The molecule has 3 nitrogen and oxygen atoms in total. The minimum atomic E-state index is -0.913. The van der Waals surface area contributed by atoms with E-state index in [4.69, 9.17) is 0 Å². The van der Waals surface area contributed by atoms with E-state index in [0.29, 0.717) is 21.9 Å². The predicted octanol–water partition coefficient (Wildman–Crippen LogP) is 3.39. The molecule has 0 unspecified atom stereocenters. The number of para-hydroxylation sites is 1. The summed E-state index contributed by atoms with van der Waals surface area (Å²) in [5, 5.41) is 10.8. The third-order valence-corrected chi connectivity index (χ3v) is 3.05. The molecule has 0 spiro atoms. The van der Waals surface area contributed by atoms with Gasteiger partial charge in [0.25, 0.3) is 0 Å². The van der Waals surface area contributed by atoms with Gasteiger partial charge >= 0.3 is 5.97 Å². The summed E-state index contributed by atoms with van der Waals surface area (Å²) in [5.74, 6) is -0.913. The zero-order valence-corrected chi connectivity index (χ0v) is 9.84. The normalized spacial score (nSPS) is 10.9. The largest absolute Gasteiger partial charge is 0.478 e. The predicted molar refractivity (Wildman–Crippen MR) is 70.9 cm³/mol. The summed E-state index contributed by atoms with van der Waals surface area (Å²) in [6.07, 6.45) is 0. The summed E-state index contributed by atoms with van der Waals surface area (Å²) >= 11 is 0. The van der Waals surface area contributed by atoms with Crippen LogP contribution in [0.3, 0.4) is 0 Å². The van der Waals surface area contributed by atoms with Gasteiger partial charge in [-0.05, 0) is 25.1 Å². The van der Waals surface area contributed by atoms with Gasteiger partial charge in [-0.1, -0.05) is 29.8 Å². The maximum atomic E-state index is 11.5. The van der Waals surface area contributed by atoms with Crippen LogP contribution >= 0.6 is 0 Å². The number of carboxylic acids is 1. The highest BCUT2D eigenvalue weighted by Gasteiger charge is 2.14. The van der Waals surface area contributed by atoms with Crippen LogP contribution in [0, 0.1) is 6.92 Å². The van der Waals surface area contributed by atoms with Crippen LogP contribution in [0.4, 0.5) is 0 Å². The molecule has 0 aliphatic heterocycles. The van der Waals surface area contributed by atoms with Crippen molar-refractivity contribution >= 4 is 27.8 Å². The maximum Gasteiger partial charge on any atom is 0.337 e. The molecular weight excluding hydrogens is 226 g/mol. The Bertz CT molecular complexity index is 778. The van der Waals surface area contributed by atoms with Crippen LogP contribution in [0.25, 0.3) is 21.8 Å². The van der Waals surface area contributed by atoms with Gasteiger partial charge in [-0.15, -0.1) is 0 Å². The molecule has 88 valence electrons. The lowest BCUT2D eigenvalue weighted by Crippen LogP contribution is -2.01. The number of benzene rings is 2. The van der Waals surface area contributed by atoms with Gasteiger partial charge in [0.15, 0.2) is 0 Å². The molecule has 0 radical (unpaired) electrons. The molecular formula is C15H11NO2. The van der Waals surface area contributed by atoms with E-state index >= 15 is 0 Å². The fourth-order valence-corrected chi connectivity index (χ4v) is 2.24. The minimum absolute atomic E-state index is 0.333. The molecule has 3 aromatic rings. The summed E-state index contributed by atoms with van der Waals surface area (Å²) in [4.78, 5) is 16.0. The molecule has 18 heavy (non-hydrogen) atoms. The van der Waals surface area contributed by atoms with Crippen molar-refractivity contribution < 1.29 is 9.90 Å². The number of rotatable bonds is 1. The van der Waals surface area contributed by atoms with E-state index in [1.807, 2.05) is 43.3 Å². The van der Waals surface area contributed by atoms with Crippen molar-refractivity contribution in [2.75, 3.05) is 0 Å². The minimum Gasteiger partial charge on any atom is -0.478 e. The third-order valence-electron chi connectivity index (χ3n) is 3.05. The zero-order chi connectivity index (χ0) is 12.7. The smallest absolute Gasteiger partial charge is 0.337 e. The Kier molecular flexibility index (Phi) is 2.27. The third kappa shape index (κ3) is 1.52. The number of hydrogen-bond donors (Lipinski definition) is 1. The monoisotopic (exact) mass is 237 g/mol. The molecule has 0 saturated heterocycles. The summed E-state index contributed by atoms with van der Waals surface area (Å²) in [6.45, 7) is 1.94.